The first kappa shape index (κ1) is 24.4. The zero-order chi connectivity index (χ0) is 26.8. The van der Waals surface area contributed by atoms with Crippen molar-refractivity contribution in [1.82, 2.24) is 24.3 Å². The van der Waals surface area contributed by atoms with E-state index in [1.165, 1.54) is 12.1 Å². The van der Waals surface area contributed by atoms with Gasteiger partial charge in [-0.15, -0.1) is 0 Å². The summed E-state index contributed by atoms with van der Waals surface area (Å²) >= 11 is 0. The SMILES string of the molecule is COc1ccc(NC(=O)N2CCC(Nc3nccc(-c4c(-c5ccc(F)cc5)nc5occn45)n3)CC2)cc1. The molecule has 0 bridgehead atoms. The second-order valence-electron chi connectivity index (χ2n) is 9.20. The van der Waals surface area contributed by atoms with Crippen LogP contribution in [0.1, 0.15) is 12.8 Å². The van der Waals surface area contributed by atoms with Crippen molar-refractivity contribution in [3.63, 3.8) is 0 Å². The lowest BCUT2D eigenvalue weighted by Gasteiger charge is -2.32. The molecule has 1 saturated heterocycles. The summed E-state index contributed by atoms with van der Waals surface area (Å²) < 4.78 is 26.0. The lowest BCUT2D eigenvalue weighted by atomic mass is 10.1. The number of nitrogens with zero attached hydrogens (tertiary/aromatic N) is 5. The van der Waals surface area contributed by atoms with Gasteiger partial charge in [0.1, 0.15) is 29.2 Å². The third-order valence-electron chi connectivity index (χ3n) is 6.73. The Morgan fingerprint density at radius 1 is 1.05 bits per heavy atom. The second kappa shape index (κ2) is 10.4. The predicted octanol–water partition coefficient (Wildman–Crippen LogP) is 5.31. The molecule has 10 nitrogen and oxygen atoms in total. The van der Waals surface area contributed by atoms with Gasteiger partial charge < -0.3 is 24.7 Å². The molecule has 39 heavy (non-hydrogen) atoms. The maximum absolute atomic E-state index is 13.5. The van der Waals surface area contributed by atoms with E-state index in [-0.39, 0.29) is 17.9 Å². The number of carbonyl (C=O) groups excluding carboxylic acids is 1. The number of urea groups is 1. The Hall–Kier alpha value is -4.93. The Kier molecular flexibility index (Phi) is 6.54. The van der Waals surface area contributed by atoms with Crippen LogP contribution in [0.3, 0.4) is 0 Å². The first-order valence-corrected chi connectivity index (χ1v) is 12.6. The first-order chi connectivity index (χ1) is 19.1. The third-order valence-corrected chi connectivity index (χ3v) is 6.73. The molecule has 0 unspecified atom stereocenters. The molecule has 0 aliphatic carbocycles. The average Bonchev–Trinajstić information content (AvgIpc) is 3.56. The van der Waals surface area contributed by atoms with Gasteiger partial charge >= 0.3 is 11.9 Å². The second-order valence-corrected chi connectivity index (χ2v) is 9.20. The first-order valence-electron chi connectivity index (χ1n) is 12.6. The number of aromatic nitrogens is 4. The van der Waals surface area contributed by atoms with Gasteiger partial charge in [-0.25, -0.2) is 19.2 Å². The minimum absolute atomic E-state index is 0.112. The van der Waals surface area contributed by atoms with E-state index >= 15 is 0 Å². The number of nitrogens with one attached hydrogen (secondary N) is 2. The molecule has 0 radical (unpaired) electrons. The number of piperidine rings is 1. The number of hydrogen-bond acceptors (Lipinski definition) is 7. The number of likely N-dealkylation sites (tertiary alicyclic amines) is 1. The molecule has 11 heteroatoms. The van der Waals surface area contributed by atoms with Crippen LogP contribution in [0.5, 0.6) is 5.75 Å². The minimum Gasteiger partial charge on any atom is -0.497 e. The topological polar surface area (TPSA) is 110 Å². The van der Waals surface area contributed by atoms with Crippen molar-refractivity contribution >= 4 is 23.5 Å². The number of imidazole rings is 1. The number of ether oxygens (including phenoxy) is 1. The van der Waals surface area contributed by atoms with Gasteiger partial charge in [0.25, 0.3) is 0 Å². The number of hydrogen-bond donors (Lipinski definition) is 2. The molecule has 5 aromatic rings. The molecule has 0 spiro atoms. The molecule has 2 aromatic carbocycles. The fourth-order valence-electron chi connectivity index (χ4n) is 4.69. The van der Waals surface area contributed by atoms with Crippen LogP contribution in [0.15, 0.2) is 77.7 Å². The predicted molar refractivity (Wildman–Crippen MR) is 144 cm³/mol. The summed E-state index contributed by atoms with van der Waals surface area (Å²) in [5.41, 5.74) is 3.48. The fourth-order valence-corrected chi connectivity index (χ4v) is 4.69. The maximum atomic E-state index is 13.5. The number of rotatable bonds is 6. The summed E-state index contributed by atoms with van der Waals surface area (Å²) in [6, 6.07) is 15.2. The van der Waals surface area contributed by atoms with E-state index in [1.807, 2.05) is 28.7 Å². The van der Waals surface area contributed by atoms with Crippen molar-refractivity contribution in [2.75, 3.05) is 30.8 Å². The van der Waals surface area contributed by atoms with Crippen LogP contribution in [0, 0.1) is 5.82 Å². The van der Waals surface area contributed by atoms with Gasteiger partial charge in [0.05, 0.1) is 12.8 Å². The smallest absolute Gasteiger partial charge is 0.321 e. The molecule has 0 saturated carbocycles. The van der Waals surface area contributed by atoms with Crippen molar-refractivity contribution in [3.8, 4) is 28.4 Å². The number of benzene rings is 2. The number of methoxy groups -OCH3 is 1. The highest BCUT2D eigenvalue weighted by Crippen LogP contribution is 2.32. The monoisotopic (exact) mass is 527 g/mol. The van der Waals surface area contributed by atoms with E-state index in [0.717, 1.165) is 35.5 Å². The molecule has 1 aliphatic rings. The number of carbonyl (C=O) groups is 1. The zero-order valence-electron chi connectivity index (χ0n) is 21.2. The molecular weight excluding hydrogens is 501 g/mol. The lowest BCUT2D eigenvalue weighted by molar-refractivity contribution is 0.197. The molecule has 1 aliphatic heterocycles. The van der Waals surface area contributed by atoms with Gasteiger partial charge in [0, 0.05) is 42.8 Å². The van der Waals surface area contributed by atoms with Gasteiger partial charge in [0.2, 0.25) is 5.95 Å². The molecule has 4 heterocycles. The summed E-state index contributed by atoms with van der Waals surface area (Å²) in [7, 11) is 1.61. The zero-order valence-corrected chi connectivity index (χ0v) is 21.2. The van der Waals surface area contributed by atoms with E-state index in [1.54, 1.807) is 48.9 Å². The average molecular weight is 528 g/mol. The third kappa shape index (κ3) is 5.11. The summed E-state index contributed by atoms with van der Waals surface area (Å²) in [4.78, 5) is 28.3. The van der Waals surface area contributed by atoms with Crippen LogP contribution in [-0.2, 0) is 0 Å². The van der Waals surface area contributed by atoms with E-state index in [9.17, 15) is 9.18 Å². The van der Waals surface area contributed by atoms with E-state index in [0.29, 0.717) is 36.3 Å². The quantitative estimate of drug-likeness (QED) is 0.308. The Bertz CT molecular complexity index is 1590. The largest absolute Gasteiger partial charge is 0.497 e. The van der Waals surface area contributed by atoms with Crippen molar-refractivity contribution in [3.05, 3.63) is 79.1 Å². The van der Waals surface area contributed by atoms with Crippen LogP contribution in [0.4, 0.5) is 20.8 Å². The van der Waals surface area contributed by atoms with Crippen molar-refractivity contribution in [2.24, 2.45) is 0 Å². The number of fused-ring (bicyclic) bond motifs is 1. The number of amides is 2. The molecule has 198 valence electrons. The maximum Gasteiger partial charge on any atom is 0.321 e. The molecule has 1 fully saturated rings. The summed E-state index contributed by atoms with van der Waals surface area (Å²) in [6.07, 6.45) is 6.52. The Labute approximate surface area is 223 Å². The van der Waals surface area contributed by atoms with Crippen LogP contribution in [0.25, 0.3) is 28.5 Å². The van der Waals surface area contributed by atoms with Crippen LogP contribution >= 0.6 is 0 Å². The Balaban J connectivity index is 1.14. The Morgan fingerprint density at radius 3 is 2.56 bits per heavy atom. The van der Waals surface area contributed by atoms with Gasteiger partial charge in [-0.2, -0.15) is 4.98 Å². The minimum atomic E-state index is -0.319. The lowest BCUT2D eigenvalue weighted by Crippen LogP contribution is -2.44. The van der Waals surface area contributed by atoms with E-state index in [2.05, 4.69) is 20.6 Å². The fraction of sp³-hybridized carbons (Fsp3) is 0.214. The number of anilines is 2. The molecule has 0 atom stereocenters. The van der Waals surface area contributed by atoms with Gasteiger partial charge in [-0.3, -0.25) is 4.40 Å². The van der Waals surface area contributed by atoms with E-state index in [4.69, 9.17) is 14.1 Å². The van der Waals surface area contributed by atoms with Crippen molar-refractivity contribution < 1.29 is 18.3 Å². The van der Waals surface area contributed by atoms with Crippen LogP contribution in [0.2, 0.25) is 0 Å². The number of halogens is 1. The summed E-state index contributed by atoms with van der Waals surface area (Å²) in [5.74, 6) is 1.32. The molecular formula is C28H26FN7O3. The number of oxazole rings is 1. The highest BCUT2D eigenvalue weighted by atomic mass is 19.1. The highest BCUT2D eigenvalue weighted by molar-refractivity contribution is 5.89. The standard InChI is InChI=1S/C28H26FN7O3/c1-38-22-8-6-20(7-9-22)32-27(37)35-14-11-21(12-15-35)31-26-30-13-10-23(33-26)25-24(18-2-4-19(29)5-3-18)34-28-36(25)16-17-39-28/h2-10,13,16-17,21H,11-12,14-15H2,1H3,(H,32,37)(H,30,31,33). The van der Waals surface area contributed by atoms with Crippen molar-refractivity contribution in [2.45, 2.75) is 18.9 Å². The molecule has 3 aromatic heterocycles. The van der Waals surface area contributed by atoms with Crippen LogP contribution in [-0.4, -0.2) is 56.5 Å². The normalized spacial score (nSPS) is 13.9. The highest BCUT2D eigenvalue weighted by Gasteiger charge is 2.24. The Morgan fingerprint density at radius 2 is 1.82 bits per heavy atom. The van der Waals surface area contributed by atoms with Gasteiger partial charge in [-0.1, -0.05) is 0 Å². The molecule has 2 N–H and O–H groups in total. The van der Waals surface area contributed by atoms with Gasteiger partial charge in [-0.05, 0) is 67.4 Å². The molecule has 2 amide bonds. The summed E-state index contributed by atoms with van der Waals surface area (Å²) in [5, 5.41) is 6.35. The van der Waals surface area contributed by atoms with E-state index < -0.39 is 0 Å². The molecule has 6 rings (SSSR count). The van der Waals surface area contributed by atoms with Crippen LogP contribution < -0.4 is 15.4 Å². The summed E-state index contributed by atoms with van der Waals surface area (Å²) in [6.45, 7) is 1.21. The van der Waals surface area contributed by atoms with Crippen molar-refractivity contribution in [1.29, 1.82) is 0 Å². The van der Waals surface area contributed by atoms with Gasteiger partial charge in [0.15, 0.2) is 0 Å².